The SMILES string of the molecule is COc1cccc(CN(C)C(=O)CN2CCN(C(C)C(=O)NC3CC3)CC2)c1. The maximum absolute atomic E-state index is 12.6. The fraction of sp³-hybridized carbons (Fsp3) is 0.619. The van der Waals surface area contributed by atoms with Crippen molar-refractivity contribution in [3.8, 4) is 5.75 Å². The van der Waals surface area contributed by atoms with Crippen molar-refractivity contribution < 1.29 is 14.3 Å². The molecular formula is C21H32N4O3. The van der Waals surface area contributed by atoms with Crippen molar-refractivity contribution in [1.29, 1.82) is 0 Å². The minimum atomic E-state index is -0.103. The number of amides is 2. The van der Waals surface area contributed by atoms with Crippen LogP contribution in [0.25, 0.3) is 0 Å². The summed E-state index contributed by atoms with van der Waals surface area (Å²) in [7, 11) is 3.48. The first-order chi connectivity index (χ1) is 13.5. The van der Waals surface area contributed by atoms with Crippen molar-refractivity contribution in [3.05, 3.63) is 29.8 Å². The van der Waals surface area contributed by atoms with Crippen molar-refractivity contribution in [3.63, 3.8) is 0 Å². The molecule has 1 atom stereocenters. The van der Waals surface area contributed by atoms with Crippen LogP contribution < -0.4 is 10.1 Å². The summed E-state index contributed by atoms with van der Waals surface area (Å²) in [4.78, 5) is 31.0. The second kappa shape index (κ2) is 9.39. The normalized spacial score (nSPS) is 19.1. The van der Waals surface area contributed by atoms with Gasteiger partial charge in [-0.25, -0.2) is 0 Å². The van der Waals surface area contributed by atoms with Crippen molar-refractivity contribution in [2.45, 2.75) is 38.4 Å². The molecule has 2 amide bonds. The number of carbonyl (C=O) groups is 2. The summed E-state index contributed by atoms with van der Waals surface area (Å²) in [5.74, 6) is 1.04. The largest absolute Gasteiger partial charge is 0.497 e. The van der Waals surface area contributed by atoms with Crippen molar-refractivity contribution in [1.82, 2.24) is 20.0 Å². The van der Waals surface area contributed by atoms with Crippen LogP contribution in [0.15, 0.2) is 24.3 Å². The van der Waals surface area contributed by atoms with E-state index >= 15 is 0 Å². The van der Waals surface area contributed by atoms with Crippen LogP contribution in [0.3, 0.4) is 0 Å². The zero-order valence-electron chi connectivity index (χ0n) is 17.2. The molecule has 7 heteroatoms. The predicted octanol–water partition coefficient (Wildman–Crippen LogP) is 0.938. The Morgan fingerprint density at radius 3 is 2.61 bits per heavy atom. The zero-order valence-corrected chi connectivity index (χ0v) is 17.2. The highest BCUT2D eigenvalue weighted by Gasteiger charge is 2.30. The van der Waals surface area contributed by atoms with Gasteiger partial charge in [0.05, 0.1) is 19.7 Å². The molecule has 2 aliphatic rings. The van der Waals surface area contributed by atoms with Gasteiger partial charge in [-0.15, -0.1) is 0 Å². The number of benzene rings is 1. The molecular weight excluding hydrogens is 356 g/mol. The van der Waals surface area contributed by atoms with Crippen LogP contribution in [-0.2, 0) is 16.1 Å². The average molecular weight is 389 g/mol. The van der Waals surface area contributed by atoms with E-state index in [1.807, 2.05) is 38.2 Å². The highest BCUT2D eigenvalue weighted by Crippen LogP contribution is 2.19. The summed E-state index contributed by atoms with van der Waals surface area (Å²) in [5, 5.41) is 3.08. The van der Waals surface area contributed by atoms with Crippen LogP contribution >= 0.6 is 0 Å². The molecule has 0 bridgehead atoms. The van der Waals surface area contributed by atoms with Gasteiger partial charge >= 0.3 is 0 Å². The molecule has 0 spiro atoms. The number of piperazine rings is 1. The lowest BCUT2D eigenvalue weighted by Crippen LogP contribution is -2.55. The number of hydrogen-bond acceptors (Lipinski definition) is 5. The van der Waals surface area contributed by atoms with Crippen molar-refractivity contribution in [2.24, 2.45) is 0 Å². The van der Waals surface area contributed by atoms with E-state index in [-0.39, 0.29) is 17.9 Å². The lowest BCUT2D eigenvalue weighted by molar-refractivity contribution is -0.133. The summed E-state index contributed by atoms with van der Waals surface area (Å²) in [6.07, 6.45) is 2.22. The topological polar surface area (TPSA) is 65.1 Å². The molecule has 1 saturated heterocycles. The molecule has 7 nitrogen and oxygen atoms in total. The van der Waals surface area contributed by atoms with E-state index in [9.17, 15) is 9.59 Å². The predicted molar refractivity (Wildman–Crippen MR) is 108 cm³/mol. The number of nitrogens with zero attached hydrogens (tertiary/aromatic N) is 3. The number of hydrogen-bond donors (Lipinski definition) is 1. The summed E-state index contributed by atoms with van der Waals surface area (Å²) < 4.78 is 5.24. The molecule has 154 valence electrons. The molecule has 1 aliphatic heterocycles. The number of rotatable bonds is 8. The van der Waals surface area contributed by atoms with Crippen LogP contribution in [0, 0.1) is 0 Å². The van der Waals surface area contributed by atoms with Gasteiger partial charge in [-0.2, -0.15) is 0 Å². The average Bonchev–Trinajstić information content (AvgIpc) is 3.52. The number of carbonyl (C=O) groups excluding carboxylic acids is 2. The molecule has 1 heterocycles. The van der Waals surface area contributed by atoms with Gasteiger partial charge in [0.15, 0.2) is 0 Å². The Morgan fingerprint density at radius 1 is 1.25 bits per heavy atom. The Kier molecular flexibility index (Phi) is 6.91. The summed E-state index contributed by atoms with van der Waals surface area (Å²) in [5.41, 5.74) is 1.05. The first-order valence-electron chi connectivity index (χ1n) is 10.1. The number of nitrogens with one attached hydrogen (secondary N) is 1. The lowest BCUT2D eigenvalue weighted by atomic mass is 10.2. The Bertz CT molecular complexity index is 684. The van der Waals surface area contributed by atoms with E-state index in [2.05, 4.69) is 15.1 Å². The second-order valence-electron chi connectivity index (χ2n) is 7.87. The Balaban J connectivity index is 1.41. The molecule has 28 heavy (non-hydrogen) atoms. The highest BCUT2D eigenvalue weighted by molar-refractivity contribution is 5.82. The Labute approximate surface area is 167 Å². The van der Waals surface area contributed by atoms with Gasteiger partial charge in [0.25, 0.3) is 0 Å². The number of ether oxygens (including phenoxy) is 1. The van der Waals surface area contributed by atoms with Gasteiger partial charge < -0.3 is 15.0 Å². The first kappa shape index (κ1) is 20.6. The third kappa shape index (κ3) is 5.69. The van der Waals surface area contributed by atoms with Gasteiger partial charge in [-0.3, -0.25) is 19.4 Å². The number of likely N-dealkylation sites (N-methyl/N-ethyl adjacent to an activating group) is 1. The quantitative estimate of drug-likeness (QED) is 0.718. The zero-order chi connectivity index (χ0) is 20.1. The van der Waals surface area contributed by atoms with Gasteiger partial charge in [0, 0.05) is 45.8 Å². The molecule has 0 radical (unpaired) electrons. The Morgan fingerprint density at radius 2 is 1.96 bits per heavy atom. The summed E-state index contributed by atoms with van der Waals surface area (Å²) >= 11 is 0. The van der Waals surface area contributed by atoms with E-state index in [1.54, 1.807) is 12.0 Å². The fourth-order valence-corrected chi connectivity index (χ4v) is 3.47. The van der Waals surface area contributed by atoms with E-state index in [4.69, 9.17) is 4.74 Å². The van der Waals surface area contributed by atoms with E-state index in [0.717, 1.165) is 50.3 Å². The van der Waals surface area contributed by atoms with Crippen LogP contribution in [0.5, 0.6) is 5.75 Å². The second-order valence-corrected chi connectivity index (χ2v) is 7.87. The van der Waals surface area contributed by atoms with E-state index < -0.39 is 0 Å². The fourth-order valence-electron chi connectivity index (χ4n) is 3.47. The van der Waals surface area contributed by atoms with Crippen LogP contribution in [0.2, 0.25) is 0 Å². The Hall–Kier alpha value is -2.12. The molecule has 1 aromatic rings. The third-order valence-corrected chi connectivity index (χ3v) is 5.60. The standard InChI is InChI=1S/C21H32N4O3/c1-16(21(27)22-18-7-8-18)25-11-9-24(10-12-25)15-20(26)23(2)14-17-5-4-6-19(13-17)28-3/h4-6,13,16,18H,7-12,14-15H2,1-3H3,(H,22,27). The lowest BCUT2D eigenvalue weighted by Gasteiger charge is -2.37. The first-order valence-corrected chi connectivity index (χ1v) is 10.1. The molecule has 1 aromatic carbocycles. The smallest absolute Gasteiger partial charge is 0.237 e. The van der Waals surface area contributed by atoms with E-state index in [1.165, 1.54) is 0 Å². The highest BCUT2D eigenvalue weighted by atomic mass is 16.5. The molecule has 1 N–H and O–H groups in total. The minimum Gasteiger partial charge on any atom is -0.497 e. The monoisotopic (exact) mass is 388 g/mol. The summed E-state index contributed by atoms with van der Waals surface area (Å²) in [6.45, 7) is 6.18. The van der Waals surface area contributed by atoms with E-state index in [0.29, 0.717) is 19.1 Å². The minimum absolute atomic E-state index is 0.103. The molecule has 1 saturated carbocycles. The number of methoxy groups -OCH3 is 1. The van der Waals surface area contributed by atoms with Gasteiger partial charge in [-0.05, 0) is 37.5 Å². The molecule has 3 rings (SSSR count). The van der Waals surface area contributed by atoms with Gasteiger partial charge in [0.1, 0.15) is 5.75 Å². The van der Waals surface area contributed by atoms with Crippen LogP contribution in [-0.4, -0.2) is 85.5 Å². The maximum Gasteiger partial charge on any atom is 0.237 e. The summed E-state index contributed by atoms with van der Waals surface area (Å²) in [6, 6.07) is 8.09. The molecule has 1 aliphatic carbocycles. The van der Waals surface area contributed by atoms with Crippen LogP contribution in [0.1, 0.15) is 25.3 Å². The van der Waals surface area contributed by atoms with Crippen LogP contribution in [0.4, 0.5) is 0 Å². The van der Waals surface area contributed by atoms with Gasteiger partial charge in [0.2, 0.25) is 11.8 Å². The maximum atomic E-state index is 12.6. The van der Waals surface area contributed by atoms with Crippen molar-refractivity contribution in [2.75, 3.05) is 46.9 Å². The molecule has 1 unspecified atom stereocenters. The molecule has 2 fully saturated rings. The molecule has 0 aromatic heterocycles. The van der Waals surface area contributed by atoms with Crippen molar-refractivity contribution >= 4 is 11.8 Å². The third-order valence-electron chi connectivity index (χ3n) is 5.60. The van der Waals surface area contributed by atoms with Gasteiger partial charge in [-0.1, -0.05) is 12.1 Å².